The SMILES string of the molecule is CC(NC(=O)c1ccoc1-c1ccccc1)N(C)C. The first-order valence-electron chi connectivity index (χ1n) is 6.20. The molecule has 1 aromatic carbocycles. The largest absolute Gasteiger partial charge is 0.464 e. The number of rotatable bonds is 4. The summed E-state index contributed by atoms with van der Waals surface area (Å²) in [6, 6.07) is 11.3. The predicted molar refractivity (Wildman–Crippen MR) is 74.8 cm³/mol. The van der Waals surface area contributed by atoms with Gasteiger partial charge in [0.2, 0.25) is 0 Å². The number of furan rings is 1. The maximum Gasteiger partial charge on any atom is 0.256 e. The van der Waals surface area contributed by atoms with Crippen LogP contribution in [0.4, 0.5) is 0 Å². The lowest BCUT2D eigenvalue weighted by molar-refractivity contribution is 0.0900. The van der Waals surface area contributed by atoms with E-state index in [-0.39, 0.29) is 12.1 Å². The molecule has 0 aliphatic carbocycles. The third-order valence-corrected chi connectivity index (χ3v) is 3.06. The number of carbonyl (C=O) groups excluding carboxylic acids is 1. The molecule has 2 aromatic rings. The second-order valence-electron chi connectivity index (χ2n) is 4.64. The summed E-state index contributed by atoms with van der Waals surface area (Å²) in [4.78, 5) is 14.1. The zero-order valence-corrected chi connectivity index (χ0v) is 11.4. The average molecular weight is 258 g/mol. The molecule has 0 radical (unpaired) electrons. The van der Waals surface area contributed by atoms with Crippen molar-refractivity contribution in [1.82, 2.24) is 10.2 Å². The summed E-state index contributed by atoms with van der Waals surface area (Å²) in [6.07, 6.45) is 1.50. The second-order valence-corrected chi connectivity index (χ2v) is 4.64. The average Bonchev–Trinajstić information content (AvgIpc) is 2.88. The number of carbonyl (C=O) groups is 1. The standard InChI is InChI=1S/C15H18N2O2/c1-11(17(2)3)16-15(18)13-9-10-19-14(13)12-7-5-4-6-8-12/h4-11H,1-3H3,(H,16,18). The molecule has 0 saturated carbocycles. The summed E-state index contributed by atoms with van der Waals surface area (Å²) in [6.45, 7) is 1.93. The zero-order valence-electron chi connectivity index (χ0n) is 11.4. The molecule has 0 aliphatic heterocycles. The van der Waals surface area contributed by atoms with Gasteiger partial charge in [0.1, 0.15) is 5.76 Å². The maximum absolute atomic E-state index is 12.2. The molecule has 1 amide bonds. The number of amides is 1. The van der Waals surface area contributed by atoms with Gasteiger partial charge in [-0.05, 0) is 27.1 Å². The van der Waals surface area contributed by atoms with Gasteiger partial charge >= 0.3 is 0 Å². The minimum atomic E-state index is -0.131. The summed E-state index contributed by atoms with van der Waals surface area (Å²) in [5.41, 5.74) is 1.45. The Hall–Kier alpha value is -2.07. The Labute approximate surface area is 113 Å². The lowest BCUT2D eigenvalue weighted by atomic mass is 10.1. The lowest BCUT2D eigenvalue weighted by Gasteiger charge is -2.20. The van der Waals surface area contributed by atoms with Crippen LogP contribution in [0.3, 0.4) is 0 Å². The monoisotopic (exact) mass is 258 g/mol. The molecule has 0 aliphatic rings. The van der Waals surface area contributed by atoms with Crippen molar-refractivity contribution in [3.63, 3.8) is 0 Å². The summed E-state index contributed by atoms with van der Waals surface area (Å²) in [5.74, 6) is 0.470. The van der Waals surface area contributed by atoms with Crippen LogP contribution in [0.2, 0.25) is 0 Å². The van der Waals surface area contributed by atoms with E-state index < -0.39 is 0 Å². The highest BCUT2D eigenvalue weighted by atomic mass is 16.3. The summed E-state index contributed by atoms with van der Waals surface area (Å²) < 4.78 is 5.44. The van der Waals surface area contributed by atoms with E-state index in [1.54, 1.807) is 6.07 Å². The van der Waals surface area contributed by atoms with Crippen molar-refractivity contribution < 1.29 is 9.21 Å². The molecule has 0 fully saturated rings. The van der Waals surface area contributed by atoms with Crippen molar-refractivity contribution in [2.75, 3.05) is 14.1 Å². The Morgan fingerprint density at radius 1 is 1.21 bits per heavy atom. The molecule has 4 nitrogen and oxygen atoms in total. The molecular formula is C15H18N2O2. The Morgan fingerprint density at radius 3 is 2.53 bits per heavy atom. The van der Waals surface area contributed by atoms with Crippen LogP contribution in [0.15, 0.2) is 47.1 Å². The molecule has 1 aromatic heterocycles. The molecule has 1 unspecified atom stereocenters. The number of nitrogens with zero attached hydrogens (tertiary/aromatic N) is 1. The molecule has 4 heteroatoms. The van der Waals surface area contributed by atoms with Crippen LogP contribution in [-0.4, -0.2) is 31.1 Å². The zero-order chi connectivity index (χ0) is 13.8. The summed E-state index contributed by atoms with van der Waals surface area (Å²) in [7, 11) is 3.83. The van der Waals surface area contributed by atoms with E-state index in [9.17, 15) is 4.79 Å². The molecule has 2 rings (SSSR count). The summed E-state index contributed by atoms with van der Waals surface area (Å²) in [5, 5.41) is 2.92. The third-order valence-electron chi connectivity index (χ3n) is 3.06. The van der Waals surface area contributed by atoms with Gasteiger partial charge in [0.25, 0.3) is 5.91 Å². The number of benzene rings is 1. The normalized spacial score (nSPS) is 12.4. The fourth-order valence-corrected chi connectivity index (χ4v) is 1.70. The molecule has 100 valence electrons. The van der Waals surface area contributed by atoms with Gasteiger partial charge in [0.05, 0.1) is 18.0 Å². The van der Waals surface area contributed by atoms with Gasteiger partial charge in [-0.3, -0.25) is 9.69 Å². The lowest BCUT2D eigenvalue weighted by Crippen LogP contribution is -2.42. The molecule has 19 heavy (non-hydrogen) atoms. The van der Waals surface area contributed by atoms with Gasteiger partial charge < -0.3 is 9.73 Å². The molecule has 1 atom stereocenters. The maximum atomic E-state index is 12.2. The van der Waals surface area contributed by atoms with Crippen molar-refractivity contribution in [2.45, 2.75) is 13.1 Å². The highest BCUT2D eigenvalue weighted by Crippen LogP contribution is 2.24. The molecule has 1 N–H and O–H groups in total. The van der Waals surface area contributed by atoms with Crippen LogP contribution in [0.1, 0.15) is 17.3 Å². The van der Waals surface area contributed by atoms with Gasteiger partial charge in [0, 0.05) is 5.56 Å². The van der Waals surface area contributed by atoms with Gasteiger partial charge in [-0.2, -0.15) is 0 Å². The second kappa shape index (κ2) is 5.71. The van der Waals surface area contributed by atoms with Gasteiger partial charge in [-0.1, -0.05) is 30.3 Å². The first kappa shape index (κ1) is 13.4. The van der Waals surface area contributed by atoms with E-state index in [0.717, 1.165) is 5.56 Å². The van der Waals surface area contributed by atoms with Crippen molar-refractivity contribution in [3.05, 3.63) is 48.2 Å². The van der Waals surface area contributed by atoms with Crippen molar-refractivity contribution in [1.29, 1.82) is 0 Å². The molecule has 1 heterocycles. The van der Waals surface area contributed by atoms with Crippen LogP contribution in [0.25, 0.3) is 11.3 Å². The number of hydrogen-bond donors (Lipinski definition) is 1. The predicted octanol–water partition coefficient (Wildman–Crippen LogP) is 2.58. The quantitative estimate of drug-likeness (QED) is 0.857. The highest BCUT2D eigenvalue weighted by molar-refractivity contribution is 5.99. The first-order chi connectivity index (χ1) is 9.09. The molecular weight excluding hydrogens is 240 g/mol. The fourth-order valence-electron chi connectivity index (χ4n) is 1.70. The van der Waals surface area contributed by atoms with Crippen LogP contribution in [0, 0.1) is 0 Å². The topological polar surface area (TPSA) is 45.5 Å². The van der Waals surface area contributed by atoms with E-state index in [1.165, 1.54) is 6.26 Å². The van der Waals surface area contributed by atoms with Gasteiger partial charge in [-0.15, -0.1) is 0 Å². The van der Waals surface area contributed by atoms with E-state index in [0.29, 0.717) is 11.3 Å². The van der Waals surface area contributed by atoms with Gasteiger partial charge in [0.15, 0.2) is 0 Å². The smallest absolute Gasteiger partial charge is 0.256 e. The Bertz CT molecular complexity index is 546. The van der Waals surface area contributed by atoms with Crippen molar-refractivity contribution in [2.24, 2.45) is 0 Å². The Kier molecular flexibility index (Phi) is 4.02. The fraction of sp³-hybridized carbons (Fsp3) is 0.267. The van der Waals surface area contributed by atoms with Crippen molar-refractivity contribution in [3.8, 4) is 11.3 Å². The minimum Gasteiger partial charge on any atom is -0.464 e. The first-order valence-corrected chi connectivity index (χ1v) is 6.20. The van der Waals surface area contributed by atoms with E-state index >= 15 is 0 Å². The Balaban J connectivity index is 2.23. The van der Waals surface area contributed by atoms with Crippen LogP contribution < -0.4 is 5.32 Å². The third kappa shape index (κ3) is 3.03. The number of nitrogens with one attached hydrogen (secondary N) is 1. The van der Waals surface area contributed by atoms with Crippen LogP contribution in [0.5, 0.6) is 0 Å². The van der Waals surface area contributed by atoms with E-state index in [4.69, 9.17) is 4.42 Å². The minimum absolute atomic E-state index is 0.0361. The Morgan fingerprint density at radius 2 is 1.89 bits per heavy atom. The summed E-state index contributed by atoms with van der Waals surface area (Å²) >= 11 is 0. The highest BCUT2D eigenvalue weighted by Gasteiger charge is 2.18. The molecule has 0 spiro atoms. The van der Waals surface area contributed by atoms with E-state index in [2.05, 4.69) is 5.32 Å². The van der Waals surface area contributed by atoms with Crippen molar-refractivity contribution >= 4 is 5.91 Å². The number of hydrogen-bond acceptors (Lipinski definition) is 3. The van der Waals surface area contributed by atoms with Crippen LogP contribution in [-0.2, 0) is 0 Å². The van der Waals surface area contributed by atoms with Crippen LogP contribution >= 0.6 is 0 Å². The molecule has 0 bridgehead atoms. The van der Waals surface area contributed by atoms with E-state index in [1.807, 2.05) is 56.3 Å². The van der Waals surface area contributed by atoms with Gasteiger partial charge in [-0.25, -0.2) is 0 Å². The molecule has 0 saturated heterocycles.